The second-order valence-corrected chi connectivity index (χ2v) is 6.45. The van der Waals surface area contributed by atoms with E-state index < -0.39 is 12.1 Å². The van der Waals surface area contributed by atoms with Crippen molar-refractivity contribution in [3.63, 3.8) is 0 Å². The van der Waals surface area contributed by atoms with Crippen molar-refractivity contribution in [2.75, 3.05) is 6.54 Å². The first-order chi connectivity index (χ1) is 11.8. The van der Waals surface area contributed by atoms with Crippen LogP contribution in [0, 0.1) is 6.92 Å². The molecule has 0 heterocycles. The molecule has 2 aromatic rings. The predicted octanol–water partition coefficient (Wildman–Crippen LogP) is 2.79. The molecule has 2 unspecified atom stereocenters. The van der Waals surface area contributed by atoms with Crippen LogP contribution in [0.4, 0.5) is 0 Å². The van der Waals surface area contributed by atoms with E-state index in [2.05, 4.69) is 5.32 Å². The summed E-state index contributed by atoms with van der Waals surface area (Å²) in [7, 11) is 0. The van der Waals surface area contributed by atoms with Crippen molar-refractivity contribution in [3.8, 4) is 11.5 Å². The lowest BCUT2D eigenvalue weighted by atomic mass is 9.90. The van der Waals surface area contributed by atoms with Crippen LogP contribution in [0.15, 0.2) is 42.5 Å². The summed E-state index contributed by atoms with van der Waals surface area (Å²) in [6.07, 6.45) is -0.733. The molecule has 0 saturated heterocycles. The van der Waals surface area contributed by atoms with Gasteiger partial charge >= 0.3 is 0 Å². The number of carbonyl (C=O) groups excluding carboxylic acids is 1. The number of aryl methyl sites for hydroxylation is 1. The monoisotopic (exact) mass is 343 g/mol. The summed E-state index contributed by atoms with van der Waals surface area (Å²) in [6.45, 7) is 5.50. The Bertz CT molecular complexity index is 727. The smallest absolute Gasteiger partial charge is 0.147 e. The Labute approximate surface area is 148 Å². The molecule has 0 spiro atoms. The quantitative estimate of drug-likeness (QED) is 0.621. The zero-order valence-corrected chi connectivity index (χ0v) is 14.7. The Morgan fingerprint density at radius 1 is 1.12 bits per heavy atom. The highest BCUT2D eigenvalue weighted by Crippen LogP contribution is 2.31. The minimum atomic E-state index is -0.733. The number of hydrogen-bond acceptors (Lipinski definition) is 5. The Morgan fingerprint density at radius 2 is 1.76 bits per heavy atom. The summed E-state index contributed by atoms with van der Waals surface area (Å²) in [5.74, 6) is -0.491. The third-order valence-corrected chi connectivity index (χ3v) is 4.44. The van der Waals surface area contributed by atoms with E-state index in [0.717, 1.165) is 11.1 Å². The van der Waals surface area contributed by atoms with Gasteiger partial charge in [0.1, 0.15) is 17.3 Å². The minimum absolute atomic E-state index is 0.0319. The molecule has 0 fully saturated rings. The fourth-order valence-corrected chi connectivity index (χ4v) is 2.91. The van der Waals surface area contributed by atoms with Gasteiger partial charge in [-0.3, -0.25) is 4.79 Å². The van der Waals surface area contributed by atoms with Gasteiger partial charge in [-0.15, -0.1) is 0 Å². The van der Waals surface area contributed by atoms with E-state index in [1.807, 2.05) is 38.1 Å². The van der Waals surface area contributed by atoms with Gasteiger partial charge in [0.05, 0.1) is 12.1 Å². The van der Waals surface area contributed by atoms with Gasteiger partial charge in [-0.05, 0) is 31.0 Å². The zero-order valence-electron chi connectivity index (χ0n) is 14.7. The number of aliphatic hydroxyl groups excluding tert-OH is 1. The SMILES string of the molecule is CC(=O)[C@H](NCC(O)c1ccc(C)cc1)C(C)c1ccc(O)cc1O. The van der Waals surface area contributed by atoms with Crippen molar-refractivity contribution in [3.05, 3.63) is 59.2 Å². The summed E-state index contributed by atoms with van der Waals surface area (Å²) in [5.41, 5.74) is 2.46. The van der Waals surface area contributed by atoms with E-state index in [1.54, 1.807) is 6.07 Å². The molecule has 2 rings (SSSR count). The van der Waals surface area contributed by atoms with Gasteiger partial charge < -0.3 is 20.6 Å². The average molecular weight is 343 g/mol. The number of Topliss-reactive ketones (excluding diaryl/α,β-unsaturated/α-hetero) is 1. The second-order valence-electron chi connectivity index (χ2n) is 6.45. The van der Waals surface area contributed by atoms with E-state index in [0.29, 0.717) is 5.56 Å². The summed E-state index contributed by atoms with van der Waals surface area (Å²) in [4.78, 5) is 12.1. The van der Waals surface area contributed by atoms with Crippen LogP contribution in [-0.2, 0) is 4.79 Å². The molecule has 0 aliphatic carbocycles. The van der Waals surface area contributed by atoms with Crippen LogP contribution >= 0.6 is 0 Å². The van der Waals surface area contributed by atoms with Crippen molar-refractivity contribution >= 4 is 5.78 Å². The molecule has 0 aliphatic heterocycles. The number of aliphatic hydroxyl groups is 1. The maximum atomic E-state index is 12.1. The van der Waals surface area contributed by atoms with Gasteiger partial charge in [-0.25, -0.2) is 0 Å². The molecule has 134 valence electrons. The number of aromatic hydroxyl groups is 2. The molecule has 5 nitrogen and oxygen atoms in total. The fraction of sp³-hybridized carbons (Fsp3) is 0.350. The standard InChI is InChI=1S/C20H25NO4/c1-12-4-6-15(7-5-12)19(25)11-21-20(14(3)22)13(2)17-9-8-16(23)10-18(17)24/h4-10,13,19-21,23-25H,11H2,1-3H3/t13?,19?,20-/m1/s1. The molecule has 4 N–H and O–H groups in total. The van der Waals surface area contributed by atoms with Crippen LogP contribution < -0.4 is 5.32 Å². The maximum Gasteiger partial charge on any atom is 0.147 e. The van der Waals surface area contributed by atoms with E-state index >= 15 is 0 Å². The van der Waals surface area contributed by atoms with Gasteiger partial charge in [0.15, 0.2) is 0 Å². The lowest BCUT2D eigenvalue weighted by Gasteiger charge is -2.25. The fourth-order valence-electron chi connectivity index (χ4n) is 2.91. The van der Waals surface area contributed by atoms with Crippen molar-refractivity contribution in [1.29, 1.82) is 0 Å². The first kappa shape index (κ1) is 19.0. The molecule has 5 heteroatoms. The van der Waals surface area contributed by atoms with Crippen LogP contribution in [0.25, 0.3) is 0 Å². The molecular weight excluding hydrogens is 318 g/mol. The molecule has 3 atom stereocenters. The Kier molecular flexibility index (Phi) is 6.17. The molecular formula is C20H25NO4. The lowest BCUT2D eigenvalue weighted by molar-refractivity contribution is -0.119. The van der Waals surface area contributed by atoms with Crippen LogP contribution in [-0.4, -0.2) is 33.7 Å². The normalized spacial score (nSPS) is 14.7. The number of nitrogens with one attached hydrogen (secondary N) is 1. The van der Waals surface area contributed by atoms with Crippen LogP contribution in [0.5, 0.6) is 11.5 Å². The van der Waals surface area contributed by atoms with Gasteiger partial charge in [-0.1, -0.05) is 42.8 Å². The summed E-state index contributed by atoms with van der Waals surface area (Å²) < 4.78 is 0. The van der Waals surface area contributed by atoms with Gasteiger partial charge in [-0.2, -0.15) is 0 Å². The van der Waals surface area contributed by atoms with Crippen molar-refractivity contribution in [2.24, 2.45) is 0 Å². The van der Waals surface area contributed by atoms with Gasteiger partial charge in [0.25, 0.3) is 0 Å². The third kappa shape index (κ3) is 4.81. The highest BCUT2D eigenvalue weighted by Gasteiger charge is 2.26. The average Bonchev–Trinajstić information content (AvgIpc) is 2.55. The topological polar surface area (TPSA) is 89.8 Å². The summed E-state index contributed by atoms with van der Waals surface area (Å²) in [5, 5.41) is 32.9. The van der Waals surface area contributed by atoms with Gasteiger partial charge in [0, 0.05) is 18.5 Å². The zero-order chi connectivity index (χ0) is 18.6. The summed E-state index contributed by atoms with van der Waals surface area (Å²) in [6, 6.07) is 11.4. The molecule has 0 amide bonds. The van der Waals surface area contributed by atoms with Crippen LogP contribution in [0.1, 0.15) is 42.6 Å². The Balaban J connectivity index is 2.10. The second kappa shape index (κ2) is 8.14. The highest BCUT2D eigenvalue weighted by atomic mass is 16.3. The minimum Gasteiger partial charge on any atom is -0.508 e. The van der Waals surface area contributed by atoms with E-state index in [1.165, 1.54) is 19.1 Å². The number of carbonyl (C=O) groups is 1. The number of hydrogen-bond donors (Lipinski definition) is 4. The Morgan fingerprint density at radius 3 is 2.32 bits per heavy atom. The largest absolute Gasteiger partial charge is 0.508 e. The van der Waals surface area contributed by atoms with E-state index in [9.17, 15) is 20.1 Å². The molecule has 2 aromatic carbocycles. The summed E-state index contributed by atoms with van der Waals surface area (Å²) >= 11 is 0. The van der Waals surface area contributed by atoms with Gasteiger partial charge in [0.2, 0.25) is 0 Å². The van der Waals surface area contributed by atoms with E-state index in [4.69, 9.17) is 0 Å². The molecule has 0 bridgehead atoms. The highest BCUT2D eigenvalue weighted by molar-refractivity contribution is 5.82. The maximum absolute atomic E-state index is 12.1. The predicted molar refractivity (Wildman–Crippen MR) is 96.8 cm³/mol. The van der Waals surface area contributed by atoms with Crippen LogP contribution in [0.2, 0.25) is 0 Å². The molecule has 0 aromatic heterocycles. The molecule has 25 heavy (non-hydrogen) atoms. The van der Waals surface area contributed by atoms with Crippen molar-refractivity contribution in [2.45, 2.75) is 38.8 Å². The first-order valence-corrected chi connectivity index (χ1v) is 8.30. The number of phenolic OH excluding ortho intramolecular Hbond substituents is 2. The molecule has 0 aliphatic rings. The number of phenols is 2. The van der Waals surface area contributed by atoms with Crippen LogP contribution in [0.3, 0.4) is 0 Å². The number of ketones is 1. The molecule has 0 radical (unpaired) electrons. The van der Waals surface area contributed by atoms with E-state index in [-0.39, 0.29) is 29.7 Å². The molecule has 0 saturated carbocycles. The first-order valence-electron chi connectivity index (χ1n) is 8.30. The Hall–Kier alpha value is -2.37. The third-order valence-electron chi connectivity index (χ3n) is 4.44. The van der Waals surface area contributed by atoms with Crippen molar-refractivity contribution < 1.29 is 20.1 Å². The number of rotatable bonds is 7. The lowest BCUT2D eigenvalue weighted by Crippen LogP contribution is -2.41. The van der Waals surface area contributed by atoms with Crippen molar-refractivity contribution in [1.82, 2.24) is 5.32 Å². The number of benzene rings is 2.